The highest BCUT2D eigenvalue weighted by atomic mass is 32.2. The van der Waals surface area contributed by atoms with Crippen molar-refractivity contribution in [1.82, 2.24) is 15.2 Å². The van der Waals surface area contributed by atoms with Gasteiger partial charge in [-0.25, -0.2) is 5.01 Å². The number of benzene rings is 1. The monoisotopic (exact) mass is 431 g/mol. The maximum Gasteiger partial charge on any atom is 0.253 e. The molecule has 0 bridgehead atoms. The fraction of sp³-hybridized carbons (Fsp3) is 0.222. The molecule has 1 aliphatic heterocycles. The van der Waals surface area contributed by atoms with E-state index >= 15 is 0 Å². The Bertz CT molecular complexity index is 1000. The van der Waals surface area contributed by atoms with Crippen LogP contribution in [0.3, 0.4) is 0 Å². The normalized spacial score (nSPS) is 16.2. The van der Waals surface area contributed by atoms with E-state index in [-0.39, 0.29) is 17.7 Å². The predicted octanol–water partition coefficient (Wildman–Crippen LogP) is 3.66. The number of hydrogen-bond acceptors (Lipinski definition) is 9. The van der Waals surface area contributed by atoms with Crippen molar-refractivity contribution in [2.45, 2.75) is 16.8 Å². The maximum absolute atomic E-state index is 12.9. The van der Waals surface area contributed by atoms with E-state index in [2.05, 4.69) is 15.3 Å². The molecular formula is C18H17N5O2S3. The SMILES string of the molecule is COc1cccc(C2=NN(C(=O)CSc3nnc(N)s3)C(c3cccs3)C2)c1. The van der Waals surface area contributed by atoms with Crippen molar-refractivity contribution in [1.29, 1.82) is 0 Å². The number of hydrogen-bond donors (Lipinski definition) is 1. The third-order valence-electron chi connectivity index (χ3n) is 4.18. The van der Waals surface area contributed by atoms with Crippen molar-refractivity contribution in [2.24, 2.45) is 5.10 Å². The Morgan fingerprint density at radius 3 is 2.96 bits per heavy atom. The third kappa shape index (κ3) is 4.03. The first-order valence-electron chi connectivity index (χ1n) is 8.43. The summed E-state index contributed by atoms with van der Waals surface area (Å²) in [6.07, 6.45) is 0.663. The highest BCUT2D eigenvalue weighted by molar-refractivity contribution is 8.01. The summed E-state index contributed by atoms with van der Waals surface area (Å²) >= 11 is 4.23. The molecule has 144 valence electrons. The van der Waals surface area contributed by atoms with Gasteiger partial charge in [-0.3, -0.25) is 4.79 Å². The van der Waals surface area contributed by atoms with E-state index in [0.717, 1.165) is 21.9 Å². The molecule has 2 N–H and O–H groups in total. The van der Waals surface area contributed by atoms with Crippen LogP contribution >= 0.6 is 34.4 Å². The maximum atomic E-state index is 12.9. The lowest BCUT2D eigenvalue weighted by Crippen LogP contribution is -2.28. The van der Waals surface area contributed by atoms with Crippen LogP contribution in [0.4, 0.5) is 5.13 Å². The highest BCUT2D eigenvalue weighted by Crippen LogP contribution is 2.36. The van der Waals surface area contributed by atoms with Crippen molar-refractivity contribution in [3.05, 3.63) is 52.2 Å². The molecule has 0 aliphatic carbocycles. The first kappa shape index (κ1) is 18.9. The molecule has 3 heterocycles. The van der Waals surface area contributed by atoms with E-state index in [1.165, 1.54) is 23.1 Å². The number of methoxy groups -OCH3 is 1. The summed E-state index contributed by atoms with van der Waals surface area (Å²) in [7, 11) is 1.64. The molecule has 28 heavy (non-hydrogen) atoms. The molecular weight excluding hydrogens is 414 g/mol. The molecule has 1 unspecified atom stereocenters. The van der Waals surface area contributed by atoms with Crippen LogP contribution in [0.5, 0.6) is 5.75 Å². The minimum absolute atomic E-state index is 0.0740. The molecule has 7 nitrogen and oxygen atoms in total. The number of thioether (sulfide) groups is 1. The van der Waals surface area contributed by atoms with Crippen LogP contribution in [0.2, 0.25) is 0 Å². The Morgan fingerprint density at radius 2 is 2.25 bits per heavy atom. The number of nitrogens with two attached hydrogens (primary N) is 1. The summed E-state index contributed by atoms with van der Waals surface area (Å²) in [4.78, 5) is 14.0. The van der Waals surface area contributed by atoms with E-state index in [1.54, 1.807) is 23.5 Å². The largest absolute Gasteiger partial charge is 0.497 e. The zero-order valence-electron chi connectivity index (χ0n) is 14.9. The summed E-state index contributed by atoms with van der Waals surface area (Å²) < 4.78 is 5.99. The number of nitrogens with zero attached hydrogens (tertiary/aromatic N) is 4. The highest BCUT2D eigenvalue weighted by Gasteiger charge is 2.33. The molecule has 0 saturated carbocycles. The van der Waals surface area contributed by atoms with Gasteiger partial charge in [0, 0.05) is 16.9 Å². The third-order valence-corrected chi connectivity index (χ3v) is 7.03. The van der Waals surface area contributed by atoms with Crippen molar-refractivity contribution in [2.75, 3.05) is 18.6 Å². The average Bonchev–Trinajstić information content (AvgIpc) is 3.46. The molecule has 0 spiro atoms. The van der Waals surface area contributed by atoms with Gasteiger partial charge < -0.3 is 10.5 Å². The summed E-state index contributed by atoms with van der Waals surface area (Å²) in [5.74, 6) is 0.919. The zero-order valence-corrected chi connectivity index (χ0v) is 17.4. The predicted molar refractivity (Wildman–Crippen MR) is 113 cm³/mol. The molecule has 0 saturated heterocycles. The lowest BCUT2D eigenvalue weighted by molar-refractivity contribution is -0.130. The lowest BCUT2D eigenvalue weighted by Gasteiger charge is -2.20. The van der Waals surface area contributed by atoms with Crippen molar-refractivity contribution in [3.8, 4) is 5.75 Å². The Hall–Kier alpha value is -2.43. The number of hydrazone groups is 1. The van der Waals surface area contributed by atoms with Gasteiger partial charge in [-0.05, 0) is 23.6 Å². The Labute approximate surface area is 174 Å². The first-order chi connectivity index (χ1) is 13.6. The van der Waals surface area contributed by atoms with Gasteiger partial charge >= 0.3 is 0 Å². The lowest BCUT2D eigenvalue weighted by atomic mass is 10.0. The fourth-order valence-corrected chi connectivity index (χ4v) is 5.19. The smallest absolute Gasteiger partial charge is 0.253 e. The van der Waals surface area contributed by atoms with Crippen molar-refractivity contribution < 1.29 is 9.53 Å². The summed E-state index contributed by atoms with van der Waals surface area (Å²) in [6, 6.07) is 11.7. The number of aromatic nitrogens is 2. The summed E-state index contributed by atoms with van der Waals surface area (Å²) in [6.45, 7) is 0. The van der Waals surface area contributed by atoms with Gasteiger partial charge in [0.1, 0.15) is 5.75 Å². The molecule has 0 radical (unpaired) electrons. The van der Waals surface area contributed by atoms with Gasteiger partial charge in [-0.1, -0.05) is 41.3 Å². The first-order valence-corrected chi connectivity index (χ1v) is 11.1. The van der Waals surface area contributed by atoms with Crippen LogP contribution in [0.15, 0.2) is 51.2 Å². The molecule has 10 heteroatoms. The topological polar surface area (TPSA) is 93.7 Å². The Kier molecular flexibility index (Phi) is 5.60. The minimum Gasteiger partial charge on any atom is -0.497 e. The molecule has 2 aromatic heterocycles. The second-order valence-electron chi connectivity index (χ2n) is 5.95. The van der Waals surface area contributed by atoms with E-state index in [9.17, 15) is 4.79 Å². The molecule has 3 aromatic rings. The minimum atomic E-state index is -0.103. The van der Waals surface area contributed by atoms with E-state index in [4.69, 9.17) is 10.5 Å². The molecule has 1 aliphatic rings. The van der Waals surface area contributed by atoms with Crippen molar-refractivity contribution in [3.63, 3.8) is 0 Å². The molecule has 1 amide bonds. The fourth-order valence-electron chi connectivity index (χ4n) is 2.89. The molecule has 4 rings (SSSR count). The van der Waals surface area contributed by atoms with Gasteiger partial charge in [0.15, 0.2) is 4.34 Å². The van der Waals surface area contributed by atoms with E-state index in [0.29, 0.717) is 15.9 Å². The van der Waals surface area contributed by atoms with E-state index < -0.39 is 0 Å². The number of ether oxygens (including phenoxy) is 1. The van der Waals surface area contributed by atoms with Gasteiger partial charge in [-0.2, -0.15) is 5.10 Å². The molecule has 0 fully saturated rings. The second-order valence-corrected chi connectivity index (χ2v) is 9.16. The zero-order chi connectivity index (χ0) is 19.5. The number of thiophene rings is 1. The number of nitrogen functional groups attached to an aromatic ring is 1. The van der Waals surface area contributed by atoms with Crippen LogP contribution in [-0.4, -0.2) is 39.7 Å². The number of carbonyl (C=O) groups excluding carboxylic acids is 1. The quantitative estimate of drug-likeness (QED) is 0.599. The number of rotatable bonds is 6. The van der Waals surface area contributed by atoms with Gasteiger partial charge in [0.25, 0.3) is 5.91 Å². The Balaban J connectivity index is 1.57. The van der Waals surface area contributed by atoms with E-state index in [1.807, 2.05) is 41.8 Å². The summed E-state index contributed by atoms with van der Waals surface area (Å²) in [5, 5.41) is 16.4. The van der Waals surface area contributed by atoms with Gasteiger partial charge in [0.2, 0.25) is 5.13 Å². The Morgan fingerprint density at radius 1 is 1.36 bits per heavy atom. The van der Waals surface area contributed by atoms with Crippen LogP contribution in [0.1, 0.15) is 22.9 Å². The van der Waals surface area contributed by atoms with Crippen LogP contribution in [0.25, 0.3) is 0 Å². The molecule has 1 aromatic carbocycles. The number of anilines is 1. The van der Waals surface area contributed by atoms with Gasteiger partial charge in [-0.15, -0.1) is 21.5 Å². The van der Waals surface area contributed by atoms with Crippen LogP contribution in [-0.2, 0) is 4.79 Å². The van der Waals surface area contributed by atoms with Crippen molar-refractivity contribution >= 4 is 51.2 Å². The number of amides is 1. The van der Waals surface area contributed by atoms with Gasteiger partial charge in [0.05, 0.1) is 24.6 Å². The average molecular weight is 432 g/mol. The summed E-state index contributed by atoms with van der Waals surface area (Å²) in [5.41, 5.74) is 7.44. The molecule has 1 atom stereocenters. The number of carbonyl (C=O) groups is 1. The van der Waals surface area contributed by atoms with Crippen LogP contribution in [0, 0.1) is 0 Å². The standard InChI is InChI=1S/C18H17N5O2S3/c1-25-12-5-2-4-11(8-12)13-9-14(15-6-3-7-26-15)23(22-13)16(24)10-27-18-21-20-17(19)28-18/h2-8,14H,9-10H2,1H3,(H2,19,20). The second kappa shape index (κ2) is 8.29. The van der Waals surface area contributed by atoms with Crippen LogP contribution < -0.4 is 10.5 Å².